The van der Waals surface area contributed by atoms with Gasteiger partial charge in [0.25, 0.3) is 0 Å². The Labute approximate surface area is 101 Å². The largest absolute Gasteiger partial charge is 0.383 e. The zero-order chi connectivity index (χ0) is 12.1. The van der Waals surface area contributed by atoms with E-state index in [0.717, 1.165) is 28.9 Å². The average Bonchev–Trinajstić information content (AvgIpc) is 2.59. The highest BCUT2D eigenvalue weighted by molar-refractivity contribution is 7.15. The second-order valence-corrected chi connectivity index (χ2v) is 5.05. The first kappa shape index (κ1) is 13.4. The molecule has 16 heavy (non-hydrogen) atoms. The fourth-order valence-corrected chi connectivity index (χ4v) is 2.59. The van der Waals surface area contributed by atoms with Crippen LogP contribution >= 0.6 is 11.3 Å². The summed E-state index contributed by atoms with van der Waals surface area (Å²) in [6.07, 6.45) is 0. The van der Waals surface area contributed by atoms with Gasteiger partial charge in [-0.15, -0.1) is 11.3 Å². The van der Waals surface area contributed by atoms with Gasteiger partial charge in [-0.3, -0.25) is 0 Å². The Morgan fingerprint density at radius 3 is 2.62 bits per heavy atom. The Bertz CT molecular complexity index is 325. The van der Waals surface area contributed by atoms with Crippen molar-refractivity contribution in [1.29, 1.82) is 0 Å². The van der Waals surface area contributed by atoms with E-state index in [4.69, 9.17) is 10.5 Å². The van der Waals surface area contributed by atoms with Crippen molar-refractivity contribution in [2.24, 2.45) is 5.73 Å². The number of thiazole rings is 1. The Kier molecular flexibility index (Phi) is 5.18. The number of nitrogens with two attached hydrogens (primary N) is 1. The maximum Gasteiger partial charge on any atom is 0.186 e. The number of rotatable bonds is 6. The molecule has 2 N–H and O–H groups in total. The lowest BCUT2D eigenvalue weighted by Gasteiger charge is -2.25. The summed E-state index contributed by atoms with van der Waals surface area (Å²) in [6.45, 7) is 8.49. The third-order valence-electron chi connectivity index (χ3n) is 2.47. The molecule has 0 aliphatic rings. The van der Waals surface area contributed by atoms with E-state index >= 15 is 0 Å². The van der Waals surface area contributed by atoms with Crippen LogP contribution < -0.4 is 10.6 Å². The van der Waals surface area contributed by atoms with Crippen LogP contribution in [0.15, 0.2) is 0 Å². The van der Waals surface area contributed by atoms with Crippen LogP contribution in [0.4, 0.5) is 5.13 Å². The molecule has 0 aromatic carbocycles. The normalized spacial score (nSPS) is 11.1. The Balaban J connectivity index is 2.83. The minimum absolute atomic E-state index is 0.423. The molecule has 1 heterocycles. The number of hydrogen-bond donors (Lipinski definition) is 1. The maximum atomic E-state index is 5.67. The van der Waals surface area contributed by atoms with Crippen LogP contribution in [0.1, 0.15) is 24.4 Å². The van der Waals surface area contributed by atoms with E-state index in [0.29, 0.717) is 12.6 Å². The molecule has 1 aromatic heterocycles. The summed E-state index contributed by atoms with van der Waals surface area (Å²) >= 11 is 1.68. The molecule has 92 valence electrons. The van der Waals surface area contributed by atoms with Crippen LogP contribution in [0.5, 0.6) is 0 Å². The van der Waals surface area contributed by atoms with Crippen molar-refractivity contribution in [2.75, 3.05) is 25.2 Å². The van der Waals surface area contributed by atoms with E-state index in [1.54, 1.807) is 18.4 Å². The quantitative estimate of drug-likeness (QED) is 0.827. The third-order valence-corrected chi connectivity index (χ3v) is 3.69. The van der Waals surface area contributed by atoms with Gasteiger partial charge in [-0.25, -0.2) is 4.98 Å². The molecule has 1 aromatic rings. The molecule has 0 amide bonds. The van der Waals surface area contributed by atoms with Crippen molar-refractivity contribution < 1.29 is 4.74 Å². The van der Waals surface area contributed by atoms with E-state index in [-0.39, 0.29) is 0 Å². The number of nitrogens with zero attached hydrogens (tertiary/aromatic N) is 2. The maximum absolute atomic E-state index is 5.67. The highest BCUT2D eigenvalue weighted by atomic mass is 32.1. The zero-order valence-corrected chi connectivity index (χ0v) is 11.3. The predicted octanol–water partition coefficient (Wildman–Crippen LogP) is 1.77. The molecule has 0 saturated heterocycles. The van der Waals surface area contributed by atoms with Gasteiger partial charge in [0.05, 0.1) is 12.3 Å². The predicted molar refractivity (Wildman–Crippen MR) is 69.1 cm³/mol. The first-order valence-electron chi connectivity index (χ1n) is 5.52. The van der Waals surface area contributed by atoms with E-state index in [1.165, 1.54) is 0 Å². The minimum atomic E-state index is 0.423. The van der Waals surface area contributed by atoms with Crippen molar-refractivity contribution in [1.82, 2.24) is 4.98 Å². The van der Waals surface area contributed by atoms with Crippen LogP contribution in [0.2, 0.25) is 0 Å². The third kappa shape index (κ3) is 3.17. The van der Waals surface area contributed by atoms with Crippen LogP contribution in [-0.4, -0.2) is 31.3 Å². The summed E-state index contributed by atoms with van der Waals surface area (Å²) in [5.74, 6) is 0. The van der Waals surface area contributed by atoms with Crippen molar-refractivity contribution >= 4 is 16.5 Å². The number of aryl methyl sites for hydroxylation is 1. The summed E-state index contributed by atoms with van der Waals surface area (Å²) in [6, 6.07) is 0.423. The van der Waals surface area contributed by atoms with Gasteiger partial charge in [-0.05, 0) is 20.8 Å². The molecule has 0 spiro atoms. The smallest absolute Gasteiger partial charge is 0.186 e. The van der Waals surface area contributed by atoms with Crippen LogP contribution in [0.3, 0.4) is 0 Å². The summed E-state index contributed by atoms with van der Waals surface area (Å²) in [5, 5.41) is 1.05. The monoisotopic (exact) mass is 243 g/mol. The van der Waals surface area contributed by atoms with Gasteiger partial charge in [0.2, 0.25) is 0 Å². The molecule has 0 saturated carbocycles. The second kappa shape index (κ2) is 6.18. The Morgan fingerprint density at radius 1 is 1.50 bits per heavy atom. The van der Waals surface area contributed by atoms with Crippen molar-refractivity contribution in [3.63, 3.8) is 0 Å². The summed E-state index contributed by atoms with van der Waals surface area (Å²) in [7, 11) is 1.72. The minimum Gasteiger partial charge on any atom is -0.383 e. The van der Waals surface area contributed by atoms with Crippen LogP contribution in [0.25, 0.3) is 0 Å². The van der Waals surface area contributed by atoms with Gasteiger partial charge in [0, 0.05) is 31.1 Å². The van der Waals surface area contributed by atoms with Crippen LogP contribution in [-0.2, 0) is 11.3 Å². The number of ether oxygens (including phenoxy) is 1. The first-order valence-corrected chi connectivity index (χ1v) is 6.33. The van der Waals surface area contributed by atoms with E-state index < -0.39 is 0 Å². The lowest BCUT2D eigenvalue weighted by molar-refractivity contribution is 0.204. The van der Waals surface area contributed by atoms with E-state index in [2.05, 4.69) is 23.7 Å². The van der Waals surface area contributed by atoms with Crippen molar-refractivity contribution in [3.8, 4) is 0 Å². The molecule has 0 atom stereocenters. The van der Waals surface area contributed by atoms with Gasteiger partial charge in [0.1, 0.15) is 0 Å². The number of methoxy groups -OCH3 is 1. The van der Waals surface area contributed by atoms with Gasteiger partial charge in [0.15, 0.2) is 5.13 Å². The lowest BCUT2D eigenvalue weighted by Crippen LogP contribution is -2.33. The van der Waals surface area contributed by atoms with Gasteiger partial charge in [-0.2, -0.15) is 0 Å². The van der Waals surface area contributed by atoms with Gasteiger partial charge < -0.3 is 15.4 Å². The molecule has 0 fully saturated rings. The molecule has 5 heteroatoms. The molecule has 0 bridgehead atoms. The van der Waals surface area contributed by atoms with Gasteiger partial charge in [-0.1, -0.05) is 0 Å². The molecular formula is C11H21N3OS. The standard InChI is InChI=1S/C11H21N3OS/c1-8(2)14(5-6-15-4)11-13-9(3)10(7-12)16-11/h8H,5-7,12H2,1-4H3. The average molecular weight is 243 g/mol. The SMILES string of the molecule is COCCN(c1nc(C)c(CN)s1)C(C)C. The molecule has 1 rings (SSSR count). The van der Waals surface area contributed by atoms with Crippen LogP contribution in [0, 0.1) is 6.92 Å². The van der Waals surface area contributed by atoms with E-state index in [1.807, 2.05) is 6.92 Å². The zero-order valence-electron chi connectivity index (χ0n) is 10.5. The number of anilines is 1. The fraction of sp³-hybridized carbons (Fsp3) is 0.727. The Hall–Kier alpha value is -0.650. The van der Waals surface area contributed by atoms with Gasteiger partial charge >= 0.3 is 0 Å². The first-order chi connectivity index (χ1) is 7.60. The Morgan fingerprint density at radius 2 is 2.19 bits per heavy atom. The summed E-state index contributed by atoms with van der Waals surface area (Å²) in [4.78, 5) is 7.98. The molecule has 0 aliphatic carbocycles. The molecule has 4 nitrogen and oxygen atoms in total. The summed E-state index contributed by atoms with van der Waals surface area (Å²) in [5.41, 5.74) is 6.71. The molecule has 0 unspecified atom stereocenters. The van der Waals surface area contributed by atoms with E-state index in [9.17, 15) is 0 Å². The van der Waals surface area contributed by atoms with Crippen molar-refractivity contribution in [3.05, 3.63) is 10.6 Å². The topological polar surface area (TPSA) is 51.4 Å². The number of hydrogen-bond acceptors (Lipinski definition) is 5. The number of aromatic nitrogens is 1. The molecule has 0 aliphatic heterocycles. The highest BCUT2D eigenvalue weighted by Gasteiger charge is 2.15. The highest BCUT2D eigenvalue weighted by Crippen LogP contribution is 2.26. The second-order valence-electron chi connectivity index (χ2n) is 3.99. The lowest BCUT2D eigenvalue weighted by atomic mass is 10.3. The fourth-order valence-electron chi connectivity index (χ4n) is 1.49. The molecule has 0 radical (unpaired) electrons. The molecular weight excluding hydrogens is 222 g/mol. The summed E-state index contributed by atoms with van der Waals surface area (Å²) < 4.78 is 5.12. The van der Waals surface area contributed by atoms with Crippen molar-refractivity contribution in [2.45, 2.75) is 33.4 Å².